The van der Waals surface area contributed by atoms with Crippen LogP contribution in [-0.4, -0.2) is 32.8 Å². The lowest BCUT2D eigenvalue weighted by Crippen LogP contribution is -2.32. The van der Waals surface area contributed by atoms with Crippen LogP contribution < -0.4 is 4.72 Å². The van der Waals surface area contributed by atoms with Crippen molar-refractivity contribution in [2.24, 2.45) is 0 Å². The zero-order chi connectivity index (χ0) is 21.1. The molecule has 0 radical (unpaired) electrons. The monoisotopic (exact) mass is 402 g/mol. The Balaban J connectivity index is 2.05. The number of nitrogens with zero attached hydrogens (tertiary/aromatic N) is 1. The molecule has 0 saturated carbocycles. The first-order chi connectivity index (χ1) is 13.1. The Morgan fingerprint density at radius 3 is 1.93 bits per heavy atom. The highest BCUT2D eigenvalue weighted by Crippen LogP contribution is 2.29. The summed E-state index contributed by atoms with van der Waals surface area (Å²) in [6.07, 6.45) is 0.116. The number of hydrogen-bond donors (Lipinski definition) is 1. The Morgan fingerprint density at radius 2 is 1.39 bits per heavy atom. The summed E-state index contributed by atoms with van der Waals surface area (Å²) in [7, 11) is -1.96. The predicted octanol–water partition coefficient (Wildman–Crippen LogP) is 3.56. The zero-order valence-electron chi connectivity index (χ0n) is 17.6. The molecule has 0 atom stereocenters. The van der Waals surface area contributed by atoms with Crippen LogP contribution in [0.5, 0.6) is 0 Å². The third-order valence-electron chi connectivity index (χ3n) is 5.52. The van der Waals surface area contributed by atoms with Crippen LogP contribution in [-0.2, 0) is 21.4 Å². The number of rotatable bonds is 7. The van der Waals surface area contributed by atoms with Crippen LogP contribution in [0.25, 0.3) is 0 Å². The van der Waals surface area contributed by atoms with Crippen molar-refractivity contribution in [3.63, 3.8) is 0 Å². The summed E-state index contributed by atoms with van der Waals surface area (Å²) in [5, 5.41) is 0. The number of amides is 1. The minimum Gasteiger partial charge on any atom is -0.341 e. The molecule has 5 nitrogen and oxygen atoms in total. The smallest absolute Gasteiger partial charge is 0.241 e. The Kier molecular flexibility index (Phi) is 7.01. The third-order valence-corrected chi connectivity index (χ3v) is 7.25. The van der Waals surface area contributed by atoms with Crippen molar-refractivity contribution >= 4 is 15.9 Å². The van der Waals surface area contributed by atoms with Crippen LogP contribution in [0.3, 0.4) is 0 Å². The molecule has 2 rings (SSSR count). The Labute approximate surface area is 168 Å². The molecule has 0 saturated heterocycles. The van der Waals surface area contributed by atoms with Crippen LogP contribution in [0.4, 0.5) is 0 Å². The number of hydrogen-bond acceptors (Lipinski definition) is 3. The van der Waals surface area contributed by atoms with Gasteiger partial charge in [0.25, 0.3) is 0 Å². The number of sulfonamides is 1. The van der Waals surface area contributed by atoms with Crippen LogP contribution >= 0.6 is 0 Å². The van der Waals surface area contributed by atoms with Gasteiger partial charge in [0, 0.05) is 26.6 Å². The Hall–Kier alpha value is -2.18. The van der Waals surface area contributed by atoms with E-state index in [2.05, 4.69) is 4.72 Å². The van der Waals surface area contributed by atoms with E-state index in [1.165, 1.54) is 0 Å². The van der Waals surface area contributed by atoms with Gasteiger partial charge in [0.15, 0.2) is 0 Å². The SMILES string of the molecule is Cc1c(C)c(C)c(S(=O)(=O)NCCC(=O)N(C)Cc2ccccc2)c(C)c1C. The van der Waals surface area contributed by atoms with Crippen LogP contribution in [0, 0.1) is 34.6 Å². The standard InChI is InChI=1S/C22H30N2O3S/c1-15-16(2)18(4)22(19(5)17(15)3)28(26,27)23-13-12-21(25)24(6)14-20-10-8-7-9-11-20/h7-11,23H,12-14H2,1-6H3. The maximum absolute atomic E-state index is 12.9. The topological polar surface area (TPSA) is 66.5 Å². The number of carbonyl (C=O) groups is 1. The molecule has 6 heteroatoms. The van der Waals surface area contributed by atoms with Gasteiger partial charge in [-0.25, -0.2) is 13.1 Å². The van der Waals surface area contributed by atoms with Crippen LogP contribution in [0.2, 0.25) is 0 Å². The molecule has 0 heterocycles. The van der Waals surface area contributed by atoms with E-state index in [1.54, 1.807) is 11.9 Å². The number of benzene rings is 2. The summed E-state index contributed by atoms with van der Waals surface area (Å²) in [5.41, 5.74) is 5.66. The van der Waals surface area contributed by atoms with E-state index >= 15 is 0 Å². The lowest BCUT2D eigenvalue weighted by Gasteiger charge is -2.20. The van der Waals surface area contributed by atoms with Crippen molar-refractivity contribution in [1.82, 2.24) is 9.62 Å². The highest BCUT2D eigenvalue weighted by molar-refractivity contribution is 7.89. The molecule has 0 aliphatic carbocycles. The maximum Gasteiger partial charge on any atom is 0.241 e. The lowest BCUT2D eigenvalue weighted by molar-refractivity contribution is -0.130. The van der Waals surface area contributed by atoms with E-state index in [1.807, 2.05) is 65.0 Å². The normalized spacial score (nSPS) is 11.5. The first-order valence-electron chi connectivity index (χ1n) is 9.40. The largest absolute Gasteiger partial charge is 0.341 e. The average molecular weight is 403 g/mol. The summed E-state index contributed by atoms with van der Waals surface area (Å²) in [6.45, 7) is 10.1. The molecule has 0 aliphatic heterocycles. The second kappa shape index (κ2) is 8.88. The summed E-state index contributed by atoms with van der Waals surface area (Å²) < 4.78 is 28.4. The van der Waals surface area contributed by atoms with E-state index in [-0.39, 0.29) is 18.9 Å². The van der Waals surface area contributed by atoms with Crippen molar-refractivity contribution < 1.29 is 13.2 Å². The fourth-order valence-electron chi connectivity index (χ4n) is 3.37. The first-order valence-corrected chi connectivity index (χ1v) is 10.9. The van der Waals surface area contributed by atoms with Crippen molar-refractivity contribution in [2.45, 2.75) is 52.5 Å². The maximum atomic E-state index is 12.9. The molecule has 2 aromatic rings. The molecule has 152 valence electrons. The molecule has 0 aromatic heterocycles. The molecular formula is C22H30N2O3S. The molecule has 0 spiro atoms. The van der Waals surface area contributed by atoms with Gasteiger partial charge in [-0.05, 0) is 68.0 Å². The van der Waals surface area contributed by atoms with E-state index in [4.69, 9.17) is 0 Å². The minimum absolute atomic E-state index is 0.0746. The van der Waals surface area contributed by atoms with Gasteiger partial charge in [-0.3, -0.25) is 4.79 Å². The Bertz CT molecular complexity index is 938. The molecule has 1 N–H and O–H groups in total. The average Bonchev–Trinajstić information content (AvgIpc) is 2.65. The minimum atomic E-state index is -3.68. The second-order valence-electron chi connectivity index (χ2n) is 7.34. The highest BCUT2D eigenvalue weighted by atomic mass is 32.2. The van der Waals surface area contributed by atoms with Gasteiger partial charge in [0.1, 0.15) is 0 Å². The molecule has 0 fully saturated rings. The fourth-order valence-corrected chi connectivity index (χ4v) is 5.00. The molecule has 0 bridgehead atoms. The van der Waals surface area contributed by atoms with E-state index in [9.17, 15) is 13.2 Å². The lowest BCUT2D eigenvalue weighted by atomic mass is 9.95. The third kappa shape index (κ3) is 4.80. The van der Waals surface area contributed by atoms with Crippen LogP contribution in [0.1, 0.15) is 39.8 Å². The van der Waals surface area contributed by atoms with Gasteiger partial charge in [0.2, 0.25) is 15.9 Å². The van der Waals surface area contributed by atoms with Crippen molar-refractivity contribution in [3.8, 4) is 0 Å². The fraction of sp³-hybridized carbons (Fsp3) is 0.409. The van der Waals surface area contributed by atoms with Gasteiger partial charge < -0.3 is 4.90 Å². The second-order valence-corrected chi connectivity index (χ2v) is 9.04. The molecular weight excluding hydrogens is 372 g/mol. The van der Waals surface area contributed by atoms with Crippen molar-refractivity contribution in [2.75, 3.05) is 13.6 Å². The molecule has 1 amide bonds. The molecule has 28 heavy (non-hydrogen) atoms. The van der Waals surface area contributed by atoms with Gasteiger partial charge in [0.05, 0.1) is 4.90 Å². The quantitative estimate of drug-likeness (QED) is 0.770. The number of nitrogens with one attached hydrogen (secondary N) is 1. The molecule has 0 unspecified atom stereocenters. The van der Waals surface area contributed by atoms with Gasteiger partial charge in [-0.2, -0.15) is 0 Å². The predicted molar refractivity (Wildman–Crippen MR) is 113 cm³/mol. The summed E-state index contributed by atoms with van der Waals surface area (Å²) in [5.74, 6) is -0.101. The summed E-state index contributed by atoms with van der Waals surface area (Å²) >= 11 is 0. The van der Waals surface area contributed by atoms with Crippen molar-refractivity contribution in [1.29, 1.82) is 0 Å². The Morgan fingerprint density at radius 1 is 0.893 bits per heavy atom. The molecule has 0 aliphatic rings. The van der Waals surface area contributed by atoms with E-state index in [0.717, 1.165) is 33.4 Å². The zero-order valence-corrected chi connectivity index (χ0v) is 18.4. The summed E-state index contributed by atoms with van der Waals surface area (Å²) in [6, 6.07) is 9.70. The van der Waals surface area contributed by atoms with Gasteiger partial charge in [-0.1, -0.05) is 30.3 Å². The van der Waals surface area contributed by atoms with Crippen molar-refractivity contribution in [3.05, 3.63) is 63.7 Å². The number of carbonyl (C=O) groups excluding carboxylic acids is 1. The highest BCUT2D eigenvalue weighted by Gasteiger charge is 2.23. The summed E-state index contributed by atoms with van der Waals surface area (Å²) in [4.78, 5) is 14.3. The first kappa shape index (κ1) is 22.1. The van der Waals surface area contributed by atoms with Gasteiger partial charge in [-0.15, -0.1) is 0 Å². The van der Waals surface area contributed by atoms with Crippen LogP contribution in [0.15, 0.2) is 35.2 Å². The van der Waals surface area contributed by atoms with E-state index in [0.29, 0.717) is 11.4 Å². The van der Waals surface area contributed by atoms with E-state index < -0.39 is 10.0 Å². The van der Waals surface area contributed by atoms with Gasteiger partial charge >= 0.3 is 0 Å². The molecule has 2 aromatic carbocycles.